The van der Waals surface area contributed by atoms with Gasteiger partial charge in [0.1, 0.15) is 5.82 Å². The predicted molar refractivity (Wildman–Crippen MR) is 84.2 cm³/mol. The number of carbonyl (C=O) groups excluding carboxylic acids is 2. The van der Waals surface area contributed by atoms with Crippen LogP contribution in [0.25, 0.3) is 0 Å². The number of benzene rings is 2. The number of hydrogen-bond acceptors (Lipinski definition) is 2. The molecule has 0 saturated heterocycles. The molecular formula is C17H17FN2O2. The van der Waals surface area contributed by atoms with Gasteiger partial charge in [0.25, 0.3) is 0 Å². The Morgan fingerprint density at radius 2 is 1.73 bits per heavy atom. The lowest BCUT2D eigenvalue weighted by Crippen LogP contribution is -2.15. The van der Waals surface area contributed by atoms with Crippen LogP contribution in [-0.2, 0) is 16.0 Å². The molecule has 2 amide bonds. The minimum absolute atomic E-state index is 0.146. The van der Waals surface area contributed by atoms with Crippen LogP contribution >= 0.6 is 0 Å². The first-order chi connectivity index (χ1) is 10.4. The summed E-state index contributed by atoms with van der Waals surface area (Å²) in [6, 6.07) is 11.3. The first-order valence-electron chi connectivity index (χ1n) is 6.86. The number of rotatable bonds is 4. The van der Waals surface area contributed by atoms with Gasteiger partial charge >= 0.3 is 0 Å². The summed E-state index contributed by atoms with van der Waals surface area (Å²) in [7, 11) is 0. The van der Waals surface area contributed by atoms with Crippen LogP contribution in [0, 0.1) is 12.7 Å². The molecule has 22 heavy (non-hydrogen) atoms. The molecule has 2 aromatic carbocycles. The van der Waals surface area contributed by atoms with Gasteiger partial charge < -0.3 is 10.6 Å². The highest BCUT2D eigenvalue weighted by Crippen LogP contribution is 2.17. The molecule has 0 aliphatic carbocycles. The van der Waals surface area contributed by atoms with E-state index >= 15 is 0 Å². The highest BCUT2D eigenvalue weighted by atomic mass is 19.1. The number of amides is 2. The fourth-order valence-corrected chi connectivity index (χ4v) is 2.02. The summed E-state index contributed by atoms with van der Waals surface area (Å²) in [6.07, 6.45) is 0.177. The predicted octanol–water partition coefficient (Wildman–Crippen LogP) is 3.27. The number of aryl methyl sites for hydroxylation is 1. The van der Waals surface area contributed by atoms with E-state index in [-0.39, 0.29) is 24.1 Å². The van der Waals surface area contributed by atoms with Gasteiger partial charge in [-0.25, -0.2) is 4.39 Å². The molecule has 0 bridgehead atoms. The van der Waals surface area contributed by atoms with E-state index in [1.165, 1.54) is 19.1 Å². The third-order valence-corrected chi connectivity index (χ3v) is 3.11. The topological polar surface area (TPSA) is 58.2 Å². The average Bonchev–Trinajstić information content (AvgIpc) is 2.44. The van der Waals surface area contributed by atoms with Crippen molar-refractivity contribution in [3.05, 3.63) is 59.4 Å². The normalized spacial score (nSPS) is 10.1. The third-order valence-electron chi connectivity index (χ3n) is 3.11. The Labute approximate surface area is 128 Å². The zero-order valence-electron chi connectivity index (χ0n) is 12.4. The Balaban J connectivity index is 1.99. The van der Waals surface area contributed by atoms with Gasteiger partial charge in [-0.2, -0.15) is 0 Å². The molecule has 114 valence electrons. The summed E-state index contributed by atoms with van der Waals surface area (Å²) in [5, 5.41) is 5.36. The molecule has 0 aromatic heterocycles. The van der Waals surface area contributed by atoms with E-state index in [0.717, 1.165) is 11.1 Å². The van der Waals surface area contributed by atoms with Crippen molar-refractivity contribution in [3.63, 3.8) is 0 Å². The zero-order valence-corrected chi connectivity index (χ0v) is 12.4. The van der Waals surface area contributed by atoms with Crippen molar-refractivity contribution < 1.29 is 14.0 Å². The van der Waals surface area contributed by atoms with Crippen molar-refractivity contribution >= 4 is 23.2 Å². The maximum atomic E-state index is 13.2. The minimum Gasteiger partial charge on any atom is -0.326 e. The lowest BCUT2D eigenvalue weighted by molar-refractivity contribution is -0.116. The molecule has 0 spiro atoms. The van der Waals surface area contributed by atoms with E-state index in [1.807, 2.05) is 0 Å². The minimum atomic E-state index is -0.388. The molecule has 0 atom stereocenters. The summed E-state index contributed by atoms with van der Waals surface area (Å²) in [5.41, 5.74) is 2.76. The molecule has 2 N–H and O–H groups in total. The monoisotopic (exact) mass is 300 g/mol. The van der Waals surface area contributed by atoms with Crippen molar-refractivity contribution in [2.45, 2.75) is 20.3 Å². The quantitative estimate of drug-likeness (QED) is 0.910. The Bertz CT molecular complexity index is 696. The Morgan fingerprint density at radius 3 is 2.36 bits per heavy atom. The fourth-order valence-electron chi connectivity index (χ4n) is 2.02. The van der Waals surface area contributed by atoms with E-state index < -0.39 is 0 Å². The molecule has 0 aliphatic heterocycles. The first-order valence-corrected chi connectivity index (χ1v) is 6.86. The van der Waals surface area contributed by atoms with Crippen molar-refractivity contribution in [2.75, 3.05) is 10.6 Å². The van der Waals surface area contributed by atoms with E-state index in [0.29, 0.717) is 11.4 Å². The second kappa shape index (κ2) is 6.85. The van der Waals surface area contributed by atoms with E-state index in [4.69, 9.17) is 0 Å². The van der Waals surface area contributed by atoms with Crippen LogP contribution in [0.1, 0.15) is 18.1 Å². The van der Waals surface area contributed by atoms with Crippen LogP contribution in [0.4, 0.5) is 15.8 Å². The molecular weight excluding hydrogens is 283 g/mol. The highest BCUT2D eigenvalue weighted by Gasteiger charge is 2.07. The largest absolute Gasteiger partial charge is 0.326 e. The van der Waals surface area contributed by atoms with Gasteiger partial charge in [0, 0.05) is 18.3 Å². The standard InChI is InChI=1S/C17H17FN2O2/c1-11-3-6-14(18)10-16(11)20-17(22)9-13-4-7-15(8-5-13)19-12(2)21/h3-8,10H,9H2,1-2H3,(H,19,21)(H,20,22). The van der Waals surface area contributed by atoms with Crippen LogP contribution in [0.5, 0.6) is 0 Å². The molecule has 5 heteroatoms. The Morgan fingerprint density at radius 1 is 1.05 bits per heavy atom. The van der Waals surface area contributed by atoms with E-state index in [1.54, 1.807) is 37.3 Å². The molecule has 4 nitrogen and oxygen atoms in total. The third kappa shape index (κ3) is 4.41. The van der Waals surface area contributed by atoms with Gasteiger partial charge in [-0.3, -0.25) is 9.59 Å². The molecule has 0 aliphatic rings. The smallest absolute Gasteiger partial charge is 0.228 e. The average molecular weight is 300 g/mol. The van der Waals surface area contributed by atoms with Crippen LogP contribution in [0.15, 0.2) is 42.5 Å². The van der Waals surface area contributed by atoms with E-state index in [9.17, 15) is 14.0 Å². The maximum absolute atomic E-state index is 13.2. The Kier molecular flexibility index (Phi) is 4.88. The highest BCUT2D eigenvalue weighted by molar-refractivity contribution is 5.93. The SMILES string of the molecule is CC(=O)Nc1ccc(CC(=O)Nc2cc(F)ccc2C)cc1. The lowest BCUT2D eigenvalue weighted by atomic mass is 10.1. The van der Waals surface area contributed by atoms with Gasteiger partial charge in [-0.1, -0.05) is 18.2 Å². The lowest BCUT2D eigenvalue weighted by Gasteiger charge is -2.09. The van der Waals surface area contributed by atoms with Gasteiger partial charge in [0.2, 0.25) is 11.8 Å². The number of carbonyl (C=O) groups is 2. The van der Waals surface area contributed by atoms with Crippen molar-refractivity contribution in [3.8, 4) is 0 Å². The van der Waals surface area contributed by atoms with Gasteiger partial charge in [0.15, 0.2) is 0 Å². The molecule has 2 rings (SSSR count). The number of anilines is 2. The second-order valence-corrected chi connectivity index (χ2v) is 5.06. The summed E-state index contributed by atoms with van der Waals surface area (Å²) in [4.78, 5) is 22.9. The zero-order chi connectivity index (χ0) is 16.1. The molecule has 2 aromatic rings. The van der Waals surface area contributed by atoms with Gasteiger partial charge in [-0.05, 0) is 42.3 Å². The number of halogens is 1. The number of hydrogen-bond donors (Lipinski definition) is 2. The molecule has 0 heterocycles. The first kappa shape index (κ1) is 15.7. The van der Waals surface area contributed by atoms with Gasteiger partial charge in [0.05, 0.1) is 6.42 Å². The van der Waals surface area contributed by atoms with E-state index in [2.05, 4.69) is 10.6 Å². The number of nitrogens with one attached hydrogen (secondary N) is 2. The summed E-state index contributed by atoms with van der Waals surface area (Å²) < 4.78 is 13.2. The maximum Gasteiger partial charge on any atom is 0.228 e. The molecule has 0 fully saturated rings. The van der Waals surface area contributed by atoms with Crippen LogP contribution in [0.3, 0.4) is 0 Å². The Hall–Kier alpha value is -2.69. The molecule has 0 saturated carbocycles. The van der Waals surface area contributed by atoms with Crippen LogP contribution in [0.2, 0.25) is 0 Å². The van der Waals surface area contributed by atoms with Crippen molar-refractivity contribution in [1.82, 2.24) is 0 Å². The van der Waals surface area contributed by atoms with Crippen molar-refractivity contribution in [2.24, 2.45) is 0 Å². The fraction of sp³-hybridized carbons (Fsp3) is 0.176. The summed E-state index contributed by atoms with van der Waals surface area (Å²) in [5.74, 6) is -0.756. The van der Waals surface area contributed by atoms with Crippen LogP contribution < -0.4 is 10.6 Å². The van der Waals surface area contributed by atoms with Crippen molar-refractivity contribution in [1.29, 1.82) is 0 Å². The summed E-state index contributed by atoms with van der Waals surface area (Å²) in [6.45, 7) is 3.24. The second-order valence-electron chi connectivity index (χ2n) is 5.06. The van der Waals surface area contributed by atoms with Crippen LogP contribution in [-0.4, -0.2) is 11.8 Å². The van der Waals surface area contributed by atoms with Gasteiger partial charge in [-0.15, -0.1) is 0 Å². The molecule has 0 unspecified atom stereocenters. The molecule has 0 radical (unpaired) electrons. The summed E-state index contributed by atoms with van der Waals surface area (Å²) >= 11 is 0.